The topological polar surface area (TPSA) is 59.9 Å². The number of alkyl halides is 3. The maximum absolute atomic E-state index is 12.0. The van der Waals surface area contributed by atoms with Gasteiger partial charge in [-0.2, -0.15) is 13.2 Å². The summed E-state index contributed by atoms with van der Waals surface area (Å²) in [4.78, 5) is 5.95. The Kier molecular flexibility index (Phi) is 3.19. The number of rotatable bonds is 2. The maximum Gasteiger partial charge on any atom is 0.451 e. The number of aromatic nitrogens is 2. The lowest BCUT2D eigenvalue weighted by atomic mass is 10.4. The van der Waals surface area contributed by atoms with Gasteiger partial charge in [0.15, 0.2) is 0 Å². The Bertz CT molecular complexity index is 442. The van der Waals surface area contributed by atoms with Crippen LogP contribution in [0.4, 0.5) is 13.2 Å². The van der Waals surface area contributed by atoms with E-state index in [1.165, 1.54) is 0 Å². The van der Waals surface area contributed by atoms with Gasteiger partial charge < -0.3 is 0 Å². The molecule has 1 heterocycles. The van der Waals surface area contributed by atoms with Gasteiger partial charge in [0.25, 0.3) is 0 Å². The summed E-state index contributed by atoms with van der Waals surface area (Å²) in [5.74, 6) is -1.93. The summed E-state index contributed by atoms with van der Waals surface area (Å²) in [6.07, 6.45) is -3.09. The van der Waals surface area contributed by atoms with Gasteiger partial charge in [0.1, 0.15) is 0 Å². The van der Waals surface area contributed by atoms with E-state index in [0.717, 1.165) is 12.4 Å². The highest BCUT2D eigenvalue weighted by molar-refractivity contribution is 8.13. The molecule has 0 fully saturated rings. The zero-order valence-corrected chi connectivity index (χ0v) is 8.57. The lowest BCUT2D eigenvalue weighted by Crippen LogP contribution is -2.11. The van der Waals surface area contributed by atoms with Crippen LogP contribution in [0.15, 0.2) is 12.4 Å². The smallest absolute Gasteiger partial charge is 0.233 e. The van der Waals surface area contributed by atoms with Gasteiger partial charge in [0.05, 0.1) is 5.75 Å². The fourth-order valence-electron chi connectivity index (χ4n) is 0.775. The third-order valence-electron chi connectivity index (χ3n) is 1.30. The molecule has 15 heavy (non-hydrogen) atoms. The van der Waals surface area contributed by atoms with Crippen LogP contribution in [0.1, 0.15) is 11.4 Å². The van der Waals surface area contributed by atoms with Crippen molar-refractivity contribution in [2.24, 2.45) is 0 Å². The monoisotopic (exact) mass is 260 g/mol. The van der Waals surface area contributed by atoms with Gasteiger partial charge in [-0.15, -0.1) is 0 Å². The van der Waals surface area contributed by atoms with Gasteiger partial charge in [-0.1, -0.05) is 0 Å². The molecule has 0 spiro atoms. The van der Waals surface area contributed by atoms with E-state index in [0.29, 0.717) is 0 Å². The van der Waals surface area contributed by atoms with Crippen molar-refractivity contribution in [2.45, 2.75) is 11.9 Å². The van der Waals surface area contributed by atoms with Crippen molar-refractivity contribution >= 4 is 19.7 Å². The Morgan fingerprint density at radius 3 is 2.07 bits per heavy atom. The second-order valence-electron chi connectivity index (χ2n) is 2.60. The molecule has 0 saturated carbocycles. The van der Waals surface area contributed by atoms with Crippen molar-refractivity contribution in [1.29, 1.82) is 0 Å². The molecule has 9 heteroatoms. The summed E-state index contributed by atoms with van der Waals surface area (Å²) >= 11 is 0. The molecule has 4 nitrogen and oxygen atoms in total. The SMILES string of the molecule is O=S(=O)(Cl)Cc1cnc(C(F)(F)F)nc1. The molecule has 1 aromatic heterocycles. The number of hydrogen-bond donors (Lipinski definition) is 0. The zero-order valence-electron chi connectivity index (χ0n) is 6.99. The van der Waals surface area contributed by atoms with Crippen LogP contribution in [0, 0.1) is 0 Å². The van der Waals surface area contributed by atoms with Crippen LogP contribution in [-0.4, -0.2) is 18.4 Å². The maximum atomic E-state index is 12.0. The lowest BCUT2D eigenvalue weighted by molar-refractivity contribution is -0.145. The summed E-state index contributed by atoms with van der Waals surface area (Å²) in [7, 11) is 1.08. The van der Waals surface area contributed by atoms with Crippen molar-refractivity contribution in [3.8, 4) is 0 Å². The number of nitrogens with zero attached hydrogens (tertiary/aromatic N) is 2. The molecule has 0 bridgehead atoms. The molecule has 0 aliphatic rings. The minimum absolute atomic E-state index is 0.00185. The van der Waals surface area contributed by atoms with Crippen LogP contribution in [0.5, 0.6) is 0 Å². The Labute approximate surface area is 87.5 Å². The lowest BCUT2D eigenvalue weighted by Gasteiger charge is -2.04. The van der Waals surface area contributed by atoms with Crippen molar-refractivity contribution in [3.05, 3.63) is 23.8 Å². The summed E-state index contributed by atoms with van der Waals surface area (Å²) in [5, 5.41) is 0. The molecule has 0 aliphatic heterocycles. The highest BCUT2D eigenvalue weighted by Gasteiger charge is 2.34. The molecule has 0 aromatic carbocycles. The quantitative estimate of drug-likeness (QED) is 0.757. The highest BCUT2D eigenvalue weighted by Crippen LogP contribution is 2.25. The van der Waals surface area contributed by atoms with E-state index in [1.54, 1.807) is 0 Å². The van der Waals surface area contributed by atoms with E-state index >= 15 is 0 Å². The molecule has 0 aliphatic carbocycles. The number of hydrogen-bond acceptors (Lipinski definition) is 4. The van der Waals surface area contributed by atoms with Gasteiger partial charge in [0, 0.05) is 28.6 Å². The predicted octanol–water partition coefficient (Wildman–Crippen LogP) is 1.56. The van der Waals surface area contributed by atoms with E-state index < -0.39 is 26.8 Å². The Hall–Kier alpha value is -0.890. The van der Waals surface area contributed by atoms with E-state index in [9.17, 15) is 21.6 Å². The average Bonchev–Trinajstić information content (AvgIpc) is 2.00. The van der Waals surface area contributed by atoms with Crippen molar-refractivity contribution < 1.29 is 21.6 Å². The van der Waals surface area contributed by atoms with Crippen LogP contribution < -0.4 is 0 Å². The van der Waals surface area contributed by atoms with Gasteiger partial charge in [0.2, 0.25) is 14.9 Å². The third-order valence-corrected chi connectivity index (χ3v) is 2.30. The second-order valence-corrected chi connectivity index (χ2v) is 5.37. The molecule has 84 valence electrons. The molecule has 0 atom stereocenters. The molecule has 1 aromatic rings. The Morgan fingerprint density at radius 1 is 1.27 bits per heavy atom. The van der Waals surface area contributed by atoms with Gasteiger partial charge in [-0.25, -0.2) is 18.4 Å². The molecular weight excluding hydrogens is 257 g/mol. The number of halogens is 4. The van der Waals surface area contributed by atoms with Crippen molar-refractivity contribution in [2.75, 3.05) is 0 Å². The highest BCUT2D eigenvalue weighted by atomic mass is 35.7. The minimum Gasteiger partial charge on any atom is -0.233 e. The van der Waals surface area contributed by atoms with Crippen molar-refractivity contribution in [1.82, 2.24) is 9.97 Å². The van der Waals surface area contributed by atoms with E-state index in [2.05, 4.69) is 9.97 Å². The van der Waals surface area contributed by atoms with Crippen LogP contribution in [0.2, 0.25) is 0 Å². The van der Waals surface area contributed by atoms with Crippen LogP contribution >= 0.6 is 10.7 Å². The minimum atomic E-state index is -4.64. The van der Waals surface area contributed by atoms with E-state index in [4.69, 9.17) is 10.7 Å². The summed E-state index contributed by atoms with van der Waals surface area (Å²) in [6, 6.07) is 0. The van der Waals surface area contributed by atoms with Gasteiger partial charge in [-0.3, -0.25) is 0 Å². The third kappa shape index (κ3) is 4.00. The van der Waals surface area contributed by atoms with Crippen LogP contribution in [0.25, 0.3) is 0 Å². The first-order valence-electron chi connectivity index (χ1n) is 3.49. The van der Waals surface area contributed by atoms with E-state index in [-0.39, 0.29) is 5.56 Å². The Morgan fingerprint density at radius 2 is 1.73 bits per heavy atom. The second kappa shape index (κ2) is 3.93. The van der Waals surface area contributed by atoms with Crippen LogP contribution in [-0.2, 0) is 21.0 Å². The van der Waals surface area contributed by atoms with Crippen molar-refractivity contribution in [3.63, 3.8) is 0 Å². The summed E-state index contributed by atoms with van der Waals surface area (Å²) in [5.41, 5.74) is -0.00185. The molecule has 0 amide bonds. The normalized spacial score (nSPS) is 12.8. The molecule has 0 unspecified atom stereocenters. The van der Waals surface area contributed by atoms with Gasteiger partial charge >= 0.3 is 6.18 Å². The first kappa shape index (κ1) is 12.2. The summed E-state index contributed by atoms with van der Waals surface area (Å²) in [6.45, 7) is 0. The average molecular weight is 261 g/mol. The standard InChI is InChI=1S/C6H4ClF3N2O2S/c7-15(13,14)3-4-1-11-5(12-2-4)6(8,9)10/h1-2H,3H2. The fourth-order valence-corrected chi connectivity index (χ4v) is 1.70. The first-order valence-corrected chi connectivity index (χ1v) is 5.97. The Balaban J connectivity index is 2.91. The van der Waals surface area contributed by atoms with E-state index in [1.807, 2.05) is 0 Å². The zero-order chi connectivity index (χ0) is 11.7. The predicted molar refractivity (Wildman–Crippen MR) is 45.5 cm³/mol. The molecule has 0 saturated heterocycles. The molecule has 1 rings (SSSR count). The molecular formula is C6H4ClF3N2O2S. The fraction of sp³-hybridized carbons (Fsp3) is 0.333. The van der Waals surface area contributed by atoms with Crippen LogP contribution in [0.3, 0.4) is 0 Å². The molecule has 0 radical (unpaired) electrons. The molecule has 0 N–H and O–H groups in total. The van der Waals surface area contributed by atoms with Gasteiger partial charge in [-0.05, 0) is 0 Å². The first-order chi connectivity index (χ1) is 6.68. The summed E-state index contributed by atoms with van der Waals surface area (Å²) < 4.78 is 57.1. The largest absolute Gasteiger partial charge is 0.451 e.